The predicted molar refractivity (Wildman–Crippen MR) is 93.3 cm³/mol. The lowest BCUT2D eigenvalue weighted by molar-refractivity contribution is -0.117. The number of hydrogen-bond donors (Lipinski definition) is 2. The van der Waals surface area contributed by atoms with Crippen LogP contribution in [-0.2, 0) is 17.6 Å². The van der Waals surface area contributed by atoms with Gasteiger partial charge in [0.25, 0.3) is 0 Å². The van der Waals surface area contributed by atoms with E-state index in [0.29, 0.717) is 10.4 Å². The second kappa shape index (κ2) is 7.40. The third-order valence-corrected chi connectivity index (χ3v) is 5.60. The summed E-state index contributed by atoms with van der Waals surface area (Å²) in [4.78, 5) is 25.4. The largest absolute Gasteiger partial charge is 0.320 e. The molecule has 1 unspecified atom stereocenters. The summed E-state index contributed by atoms with van der Waals surface area (Å²) in [5.41, 5.74) is 4.89. The number of carbonyl (C=O) groups is 2. The number of fused-ring (bicyclic) bond motifs is 1. The van der Waals surface area contributed by atoms with E-state index in [1.807, 2.05) is 0 Å². The number of ketones is 1. The van der Waals surface area contributed by atoms with Gasteiger partial charge in [-0.3, -0.25) is 9.59 Å². The Bertz CT molecular complexity index is 891. The zero-order valence-electron chi connectivity index (χ0n) is 14.2. The maximum atomic E-state index is 14.1. The van der Waals surface area contributed by atoms with E-state index in [2.05, 4.69) is 5.32 Å². The van der Waals surface area contributed by atoms with Crippen molar-refractivity contribution in [3.8, 4) is 0 Å². The number of amides is 1. The smallest absolute Gasteiger partial charge is 0.242 e. The van der Waals surface area contributed by atoms with Crippen molar-refractivity contribution in [1.82, 2.24) is 0 Å². The molecule has 1 aromatic heterocycles. The standard InChI is InChI=1S/C18H16F4N2O2S/c1-7(23)17(26)24-18-13(9-5-8(16(21)22)6-12(9)27-18)15(25)14-10(19)3-2-4-11(14)20/h2-4,7-8,16H,5-6,23H2,1H3,(H,24,26)/t7-,8?/m0/s1. The predicted octanol–water partition coefficient (Wildman–Crippen LogP) is 3.52. The van der Waals surface area contributed by atoms with Gasteiger partial charge in [0.2, 0.25) is 18.1 Å². The molecule has 0 saturated carbocycles. The molecule has 0 bridgehead atoms. The van der Waals surface area contributed by atoms with E-state index in [4.69, 9.17) is 5.73 Å². The molecular weight excluding hydrogens is 384 g/mol. The molecule has 0 spiro atoms. The first kappa shape index (κ1) is 19.5. The van der Waals surface area contributed by atoms with Crippen LogP contribution in [-0.4, -0.2) is 24.2 Å². The third kappa shape index (κ3) is 3.61. The number of carbonyl (C=O) groups excluding carboxylic acids is 2. The Morgan fingerprint density at radius 2 is 1.81 bits per heavy atom. The molecule has 1 aliphatic carbocycles. The molecule has 1 amide bonds. The Labute approximate surface area is 156 Å². The zero-order chi connectivity index (χ0) is 19.9. The third-order valence-electron chi connectivity index (χ3n) is 4.43. The summed E-state index contributed by atoms with van der Waals surface area (Å²) in [7, 11) is 0. The van der Waals surface area contributed by atoms with Gasteiger partial charge in [-0.2, -0.15) is 0 Å². The number of benzene rings is 1. The number of rotatable bonds is 5. The average molecular weight is 400 g/mol. The molecule has 4 nitrogen and oxygen atoms in total. The summed E-state index contributed by atoms with van der Waals surface area (Å²) in [6.07, 6.45) is -2.65. The minimum Gasteiger partial charge on any atom is -0.320 e. The number of alkyl halides is 2. The monoisotopic (exact) mass is 400 g/mol. The van der Waals surface area contributed by atoms with Crippen molar-refractivity contribution in [3.05, 3.63) is 51.4 Å². The Hall–Kier alpha value is -2.26. The van der Waals surface area contributed by atoms with Gasteiger partial charge >= 0.3 is 0 Å². The Kier molecular flexibility index (Phi) is 5.34. The molecule has 0 radical (unpaired) electrons. The van der Waals surface area contributed by atoms with Crippen molar-refractivity contribution in [1.29, 1.82) is 0 Å². The van der Waals surface area contributed by atoms with Crippen LogP contribution in [0.5, 0.6) is 0 Å². The minimum absolute atomic E-state index is 0.0335. The van der Waals surface area contributed by atoms with Gasteiger partial charge < -0.3 is 11.1 Å². The quantitative estimate of drug-likeness (QED) is 0.596. The van der Waals surface area contributed by atoms with Gasteiger partial charge in [-0.05, 0) is 37.5 Å². The number of hydrogen-bond acceptors (Lipinski definition) is 4. The van der Waals surface area contributed by atoms with Crippen LogP contribution in [0.3, 0.4) is 0 Å². The van der Waals surface area contributed by atoms with Crippen molar-refractivity contribution in [2.24, 2.45) is 11.7 Å². The first-order valence-corrected chi connectivity index (χ1v) is 9.00. The second-order valence-corrected chi connectivity index (χ2v) is 7.52. The number of nitrogens with two attached hydrogens (primary N) is 1. The fraction of sp³-hybridized carbons (Fsp3) is 0.333. The van der Waals surface area contributed by atoms with E-state index in [1.165, 1.54) is 6.92 Å². The van der Waals surface area contributed by atoms with E-state index >= 15 is 0 Å². The van der Waals surface area contributed by atoms with Crippen LogP contribution >= 0.6 is 11.3 Å². The molecule has 1 aliphatic rings. The Balaban J connectivity index is 2.09. The van der Waals surface area contributed by atoms with Crippen molar-refractivity contribution >= 4 is 28.0 Å². The highest BCUT2D eigenvalue weighted by molar-refractivity contribution is 7.17. The van der Waals surface area contributed by atoms with E-state index in [0.717, 1.165) is 29.5 Å². The Morgan fingerprint density at radius 3 is 2.37 bits per heavy atom. The molecule has 1 aromatic carbocycles. The number of nitrogens with one attached hydrogen (secondary N) is 1. The molecular formula is C18H16F4N2O2S. The lowest BCUT2D eigenvalue weighted by Crippen LogP contribution is -2.32. The maximum absolute atomic E-state index is 14.1. The van der Waals surface area contributed by atoms with Gasteiger partial charge in [-0.15, -0.1) is 11.3 Å². The van der Waals surface area contributed by atoms with Gasteiger partial charge in [-0.25, -0.2) is 17.6 Å². The summed E-state index contributed by atoms with van der Waals surface area (Å²) in [5.74, 6) is -4.68. The first-order chi connectivity index (χ1) is 12.7. The van der Waals surface area contributed by atoms with Gasteiger partial charge in [0.15, 0.2) is 0 Å². The van der Waals surface area contributed by atoms with Crippen LogP contribution in [0.25, 0.3) is 0 Å². The lowest BCUT2D eigenvalue weighted by Gasteiger charge is -2.12. The first-order valence-electron chi connectivity index (χ1n) is 8.18. The summed E-state index contributed by atoms with van der Waals surface area (Å²) in [6, 6.07) is 2.10. The number of halogens is 4. The summed E-state index contributed by atoms with van der Waals surface area (Å²) in [6.45, 7) is 1.43. The van der Waals surface area contributed by atoms with Gasteiger partial charge in [0.05, 0.1) is 17.2 Å². The van der Waals surface area contributed by atoms with Gasteiger partial charge in [0, 0.05) is 10.8 Å². The van der Waals surface area contributed by atoms with Crippen LogP contribution in [0, 0.1) is 17.6 Å². The van der Waals surface area contributed by atoms with Crippen LogP contribution in [0.1, 0.15) is 33.3 Å². The number of anilines is 1. The maximum Gasteiger partial charge on any atom is 0.242 e. The normalized spacial score (nSPS) is 17.1. The van der Waals surface area contributed by atoms with E-state index in [9.17, 15) is 27.2 Å². The van der Waals surface area contributed by atoms with E-state index in [1.54, 1.807) is 0 Å². The van der Waals surface area contributed by atoms with E-state index in [-0.39, 0.29) is 23.4 Å². The average Bonchev–Trinajstić information content (AvgIpc) is 3.11. The van der Waals surface area contributed by atoms with Crippen LogP contribution in [0.4, 0.5) is 22.6 Å². The van der Waals surface area contributed by atoms with Crippen molar-refractivity contribution in [3.63, 3.8) is 0 Å². The van der Waals surface area contributed by atoms with E-state index < -0.39 is 47.3 Å². The molecule has 0 fully saturated rings. The molecule has 0 aliphatic heterocycles. The van der Waals surface area contributed by atoms with Crippen LogP contribution in [0.15, 0.2) is 18.2 Å². The molecule has 1 heterocycles. The van der Waals surface area contributed by atoms with Crippen molar-refractivity contribution < 1.29 is 27.2 Å². The molecule has 2 atom stereocenters. The van der Waals surface area contributed by atoms with Crippen LogP contribution in [0.2, 0.25) is 0 Å². The van der Waals surface area contributed by atoms with Crippen LogP contribution < -0.4 is 11.1 Å². The highest BCUT2D eigenvalue weighted by Crippen LogP contribution is 2.44. The Morgan fingerprint density at radius 1 is 1.19 bits per heavy atom. The molecule has 144 valence electrons. The fourth-order valence-electron chi connectivity index (χ4n) is 3.04. The molecule has 3 N–H and O–H groups in total. The SMILES string of the molecule is C[C@H](N)C(=O)Nc1sc2c(c1C(=O)c1c(F)cccc1F)CC(C(F)F)C2. The minimum atomic E-state index is -2.58. The highest BCUT2D eigenvalue weighted by atomic mass is 32.1. The molecule has 3 rings (SSSR count). The topological polar surface area (TPSA) is 72.2 Å². The molecule has 2 aromatic rings. The van der Waals surface area contributed by atoms with Gasteiger partial charge in [-0.1, -0.05) is 6.07 Å². The fourth-order valence-corrected chi connectivity index (χ4v) is 4.36. The molecule has 0 saturated heterocycles. The summed E-state index contributed by atoms with van der Waals surface area (Å²) < 4.78 is 54.4. The number of thiophene rings is 1. The molecule has 27 heavy (non-hydrogen) atoms. The summed E-state index contributed by atoms with van der Waals surface area (Å²) >= 11 is 0.964. The highest BCUT2D eigenvalue weighted by Gasteiger charge is 2.37. The van der Waals surface area contributed by atoms with Crippen molar-refractivity contribution in [2.45, 2.75) is 32.2 Å². The lowest BCUT2D eigenvalue weighted by atomic mass is 9.98. The summed E-state index contributed by atoms with van der Waals surface area (Å²) in [5, 5.41) is 2.55. The van der Waals surface area contributed by atoms with Crippen molar-refractivity contribution in [2.75, 3.05) is 5.32 Å². The van der Waals surface area contributed by atoms with Gasteiger partial charge in [0.1, 0.15) is 16.6 Å². The zero-order valence-corrected chi connectivity index (χ0v) is 15.0. The second-order valence-electron chi connectivity index (χ2n) is 6.41. The molecule has 9 heteroatoms.